The third-order valence-electron chi connectivity index (χ3n) is 3.98. The van der Waals surface area contributed by atoms with Gasteiger partial charge in [-0.25, -0.2) is 9.37 Å². The smallest absolute Gasteiger partial charge is 0.313 e. The zero-order valence-electron chi connectivity index (χ0n) is 11.8. The normalized spacial score (nSPS) is 15.3. The fraction of sp³-hybridized carbons (Fsp3) is 0.467. The van der Waals surface area contributed by atoms with Crippen LogP contribution in [-0.2, 0) is 11.3 Å². The predicted octanol–water partition coefficient (Wildman–Crippen LogP) is 3.46. The van der Waals surface area contributed by atoms with E-state index in [1.807, 2.05) is 0 Å². The Labute approximate surface area is 126 Å². The van der Waals surface area contributed by atoms with Gasteiger partial charge in [-0.15, -0.1) is 0 Å². The monoisotopic (exact) mass is 308 g/mol. The molecular weight excluding hydrogens is 291 g/mol. The van der Waals surface area contributed by atoms with Crippen LogP contribution in [0.25, 0.3) is 11.0 Å². The van der Waals surface area contributed by atoms with Crippen LogP contribution in [0.5, 0.6) is 0 Å². The van der Waals surface area contributed by atoms with Gasteiger partial charge in [-0.05, 0) is 37.3 Å². The molecule has 1 heterocycles. The van der Waals surface area contributed by atoms with Crippen LogP contribution in [0, 0.1) is 18.7 Å². The van der Waals surface area contributed by atoms with Crippen molar-refractivity contribution in [3.63, 3.8) is 0 Å². The Morgan fingerprint density at radius 3 is 2.90 bits per heavy atom. The minimum atomic E-state index is -0.871. The molecule has 6 heteroatoms. The second-order valence-electron chi connectivity index (χ2n) is 5.57. The standard InChI is InChI=1S/C15H17FN2O2S/c1-9-5-13-12(6-11(9)16)17-15(21-8-14(19)20)18(13)7-10-3-2-4-10/h5-6,10H,2-4,7-8H2,1H3,(H,19,20). The van der Waals surface area contributed by atoms with Crippen LogP contribution in [0.3, 0.4) is 0 Å². The average Bonchev–Trinajstić information content (AvgIpc) is 2.69. The topological polar surface area (TPSA) is 55.1 Å². The highest BCUT2D eigenvalue weighted by molar-refractivity contribution is 7.99. The number of rotatable bonds is 5. The maximum Gasteiger partial charge on any atom is 0.313 e. The molecule has 0 spiro atoms. The number of aromatic nitrogens is 2. The first-order valence-electron chi connectivity index (χ1n) is 7.05. The number of imidazole rings is 1. The van der Waals surface area contributed by atoms with Crippen LogP contribution in [-0.4, -0.2) is 26.4 Å². The molecule has 1 saturated carbocycles. The van der Waals surface area contributed by atoms with Gasteiger partial charge in [-0.2, -0.15) is 0 Å². The zero-order valence-corrected chi connectivity index (χ0v) is 12.6. The fourth-order valence-corrected chi connectivity index (χ4v) is 3.32. The lowest BCUT2D eigenvalue weighted by Gasteiger charge is -2.26. The molecule has 0 unspecified atom stereocenters. The van der Waals surface area contributed by atoms with Gasteiger partial charge in [-0.3, -0.25) is 4.79 Å². The SMILES string of the molecule is Cc1cc2c(cc1F)nc(SCC(=O)O)n2CC1CCC1. The molecule has 0 amide bonds. The van der Waals surface area contributed by atoms with Crippen LogP contribution >= 0.6 is 11.8 Å². The average molecular weight is 308 g/mol. The van der Waals surface area contributed by atoms with Gasteiger partial charge >= 0.3 is 5.97 Å². The van der Waals surface area contributed by atoms with Gasteiger partial charge in [0.25, 0.3) is 0 Å². The molecule has 1 aromatic heterocycles. The van der Waals surface area contributed by atoms with E-state index in [0.717, 1.165) is 12.1 Å². The van der Waals surface area contributed by atoms with Crippen molar-refractivity contribution in [1.82, 2.24) is 9.55 Å². The van der Waals surface area contributed by atoms with Crippen LogP contribution in [0.4, 0.5) is 4.39 Å². The molecule has 1 N–H and O–H groups in total. The van der Waals surface area contributed by atoms with E-state index in [1.165, 1.54) is 37.1 Å². The van der Waals surface area contributed by atoms with E-state index < -0.39 is 5.97 Å². The summed E-state index contributed by atoms with van der Waals surface area (Å²) in [6.07, 6.45) is 3.65. The summed E-state index contributed by atoms with van der Waals surface area (Å²) in [6.45, 7) is 2.57. The van der Waals surface area contributed by atoms with Gasteiger partial charge in [0.1, 0.15) is 5.82 Å². The zero-order chi connectivity index (χ0) is 15.0. The summed E-state index contributed by atoms with van der Waals surface area (Å²) in [5.41, 5.74) is 2.09. The molecular formula is C15H17FN2O2S. The van der Waals surface area contributed by atoms with E-state index in [0.29, 0.717) is 22.2 Å². The summed E-state index contributed by atoms with van der Waals surface area (Å²) in [6, 6.07) is 3.24. The lowest BCUT2D eigenvalue weighted by atomic mass is 9.85. The van der Waals surface area contributed by atoms with E-state index in [2.05, 4.69) is 9.55 Å². The number of benzene rings is 1. The first-order chi connectivity index (χ1) is 10.0. The Hall–Kier alpha value is -1.56. The Balaban J connectivity index is 2.01. The maximum absolute atomic E-state index is 13.7. The number of aliphatic carboxylic acids is 1. The molecule has 1 aliphatic rings. The predicted molar refractivity (Wildman–Crippen MR) is 80.1 cm³/mol. The van der Waals surface area contributed by atoms with Gasteiger partial charge < -0.3 is 9.67 Å². The van der Waals surface area contributed by atoms with Crippen LogP contribution in [0.2, 0.25) is 0 Å². The molecule has 3 rings (SSSR count). The van der Waals surface area contributed by atoms with Crippen LogP contribution in [0.15, 0.2) is 17.3 Å². The van der Waals surface area contributed by atoms with Gasteiger partial charge in [0.15, 0.2) is 5.16 Å². The largest absolute Gasteiger partial charge is 0.481 e. The molecule has 1 aromatic carbocycles. The van der Waals surface area contributed by atoms with Crippen molar-refractivity contribution < 1.29 is 14.3 Å². The minimum Gasteiger partial charge on any atom is -0.481 e. The third kappa shape index (κ3) is 2.90. The Morgan fingerprint density at radius 2 is 2.29 bits per heavy atom. The van der Waals surface area contributed by atoms with Crippen molar-refractivity contribution in [2.75, 3.05) is 5.75 Å². The van der Waals surface area contributed by atoms with Crippen LogP contribution < -0.4 is 0 Å². The van der Waals surface area contributed by atoms with Crippen LogP contribution in [0.1, 0.15) is 24.8 Å². The molecule has 0 saturated heterocycles. The molecule has 0 radical (unpaired) electrons. The minimum absolute atomic E-state index is 0.0323. The highest BCUT2D eigenvalue weighted by Gasteiger charge is 2.22. The van der Waals surface area contributed by atoms with Gasteiger partial charge in [-0.1, -0.05) is 18.2 Å². The van der Waals surface area contributed by atoms with Gasteiger partial charge in [0.2, 0.25) is 0 Å². The summed E-state index contributed by atoms with van der Waals surface area (Å²) < 4.78 is 15.7. The van der Waals surface area contributed by atoms with Crippen molar-refractivity contribution in [1.29, 1.82) is 0 Å². The number of hydrogen-bond acceptors (Lipinski definition) is 3. The highest BCUT2D eigenvalue weighted by Crippen LogP contribution is 2.32. The number of carboxylic acids is 1. The lowest BCUT2D eigenvalue weighted by molar-refractivity contribution is -0.133. The molecule has 0 aliphatic heterocycles. The Bertz CT molecular complexity index is 695. The number of halogens is 1. The number of thioether (sulfide) groups is 1. The highest BCUT2D eigenvalue weighted by atomic mass is 32.2. The van der Waals surface area contributed by atoms with E-state index in [4.69, 9.17) is 5.11 Å². The number of aryl methyl sites for hydroxylation is 1. The number of carbonyl (C=O) groups is 1. The number of nitrogens with zero attached hydrogens (tertiary/aromatic N) is 2. The molecule has 4 nitrogen and oxygen atoms in total. The number of carboxylic acid groups (broad SMARTS) is 1. The lowest BCUT2D eigenvalue weighted by Crippen LogP contribution is -2.18. The molecule has 0 atom stereocenters. The van der Waals surface area contributed by atoms with E-state index >= 15 is 0 Å². The van der Waals surface area contributed by atoms with Crippen molar-refractivity contribution in [2.24, 2.45) is 5.92 Å². The first-order valence-corrected chi connectivity index (χ1v) is 8.04. The molecule has 2 aromatic rings. The van der Waals surface area contributed by atoms with Crippen molar-refractivity contribution in [3.8, 4) is 0 Å². The second-order valence-corrected chi connectivity index (χ2v) is 6.52. The summed E-state index contributed by atoms with van der Waals surface area (Å²) in [5, 5.41) is 9.52. The fourth-order valence-electron chi connectivity index (χ4n) is 2.57. The number of fused-ring (bicyclic) bond motifs is 1. The van der Waals surface area contributed by atoms with E-state index in [9.17, 15) is 9.18 Å². The van der Waals surface area contributed by atoms with E-state index in [1.54, 1.807) is 13.0 Å². The summed E-state index contributed by atoms with van der Waals surface area (Å²) >= 11 is 1.20. The van der Waals surface area contributed by atoms with Gasteiger partial charge in [0, 0.05) is 12.6 Å². The third-order valence-corrected chi connectivity index (χ3v) is 4.95. The molecule has 21 heavy (non-hydrogen) atoms. The van der Waals surface area contributed by atoms with Crippen molar-refractivity contribution in [3.05, 3.63) is 23.5 Å². The van der Waals surface area contributed by atoms with Crippen molar-refractivity contribution in [2.45, 2.75) is 37.9 Å². The summed E-state index contributed by atoms with van der Waals surface area (Å²) in [4.78, 5) is 15.2. The van der Waals surface area contributed by atoms with E-state index in [-0.39, 0.29) is 11.6 Å². The first kappa shape index (κ1) is 14.4. The Morgan fingerprint density at radius 1 is 1.52 bits per heavy atom. The molecule has 0 bridgehead atoms. The molecule has 112 valence electrons. The van der Waals surface area contributed by atoms with Crippen molar-refractivity contribution >= 4 is 28.8 Å². The van der Waals surface area contributed by atoms with Gasteiger partial charge in [0.05, 0.1) is 16.8 Å². The second kappa shape index (κ2) is 5.67. The maximum atomic E-state index is 13.7. The molecule has 1 aliphatic carbocycles. The molecule has 1 fully saturated rings. The Kier molecular flexibility index (Phi) is 3.89. The number of hydrogen-bond donors (Lipinski definition) is 1. The summed E-state index contributed by atoms with van der Waals surface area (Å²) in [7, 11) is 0. The summed E-state index contributed by atoms with van der Waals surface area (Å²) in [5.74, 6) is -0.553. The quantitative estimate of drug-likeness (QED) is 0.859.